The zero-order chi connectivity index (χ0) is 18.3. The van der Waals surface area contributed by atoms with Gasteiger partial charge in [-0.25, -0.2) is 9.97 Å². The molecule has 8 heteroatoms. The van der Waals surface area contributed by atoms with Gasteiger partial charge in [0.2, 0.25) is 0 Å². The maximum absolute atomic E-state index is 12.8. The molecule has 1 N–H and O–H groups in total. The van der Waals surface area contributed by atoms with Gasteiger partial charge in [-0.05, 0) is 39.2 Å². The molecule has 0 fully saturated rings. The second kappa shape index (κ2) is 6.75. The minimum atomic E-state index is -0.0893. The highest BCUT2D eigenvalue weighted by atomic mass is 32.1. The smallest absolute Gasteiger partial charge is 0.262 e. The number of nitrogens with one attached hydrogen (secondary N) is 1. The minimum Gasteiger partial charge on any atom is -0.344 e. The van der Waals surface area contributed by atoms with Gasteiger partial charge >= 0.3 is 0 Å². The van der Waals surface area contributed by atoms with E-state index >= 15 is 0 Å². The number of amides is 1. The third-order valence-electron chi connectivity index (χ3n) is 4.88. The lowest BCUT2D eigenvalue weighted by atomic mass is 10.1. The van der Waals surface area contributed by atoms with Crippen LogP contribution in [0.5, 0.6) is 0 Å². The molecular weight excluding hydrogens is 348 g/mol. The summed E-state index contributed by atoms with van der Waals surface area (Å²) in [5.74, 6) is 2.51. The third-order valence-corrected chi connectivity index (χ3v) is 6.07. The summed E-state index contributed by atoms with van der Waals surface area (Å²) in [6.45, 7) is 7.12. The molecule has 4 rings (SSSR count). The van der Waals surface area contributed by atoms with E-state index in [0.717, 1.165) is 64.8 Å². The minimum absolute atomic E-state index is 0.0893. The number of fused-ring (bicyclic) bond motifs is 2. The highest BCUT2D eigenvalue weighted by Crippen LogP contribution is 2.31. The molecule has 4 heterocycles. The van der Waals surface area contributed by atoms with E-state index in [-0.39, 0.29) is 5.91 Å². The third kappa shape index (κ3) is 2.98. The van der Waals surface area contributed by atoms with Crippen LogP contribution in [0.1, 0.15) is 57.7 Å². The van der Waals surface area contributed by atoms with Crippen LogP contribution in [0.15, 0.2) is 0 Å². The molecule has 1 aliphatic heterocycles. The molecule has 1 amide bonds. The van der Waals surface area contributed by atoms with E-state index in [2.05, 4.69) is 30.0 Å². The van der Waals surface area contributed by atoms with Crippen molar-refractivity contribution in [3.05, 3.63) is 33.6 Å². The van der Waals surface area contributed by atoms with Crippen molar-refractivity contribution in [2.45, 2.75) is 59.5 Å². The molecule has 0 aliphatic carbocycles. The number of hydrogen-bond acceptors (Lipinski definition) is 6. The normalized spacial score (nSPS) is 14.3. The van der Waals surface area contributed by atoms with Crippen LogP contribution >= 0.6 is 11.3 Å². The standard InChI is InChI=1S/C18H22N6OS/c1-10-15-11(2)20-12(3)21-18(15)26-16(10)17(25)19-9-14-23-22-13-7-5-4-6-8-24(13)14/h4-9H2,1-3H3,(H,19,25). The van der Waals surface area contributed by atoms with Gasteiger partial charge < -0.3 is 9.88 Å². The van der Waals surface area contributed by atoms with Gasteiger partial charge in [-0.2, -0.15) is 0 Å². The van der Waals surface area contributed by atoms with E-state index in [1.165, 1.54) is 17.8 Å². The number of carbonyl (C=O) groups is 1. The molecule has 0 aromatic carbocycles. The van der Waals surface area contributed by atoms with E-state index in [4.69, 9.17) is 0 Å². The van der Waals surface area contributed by atoms with Crippen LogP contribution in [0.2, 0.25) is 0 Å². The molecule has 0 saturated heterocycles. The summed E-state index contributed by atoms with van der Waals surface area (Å²) >= 11 is 1.42. The van der Waals surface area contributed by atoms with Crippen molar-refractivity contribution in [2.24, 2.45) is 0 Å². The Morgan fingerprint density at radius 1 is 1.15 bits per heavy atom. The van der Waals surface area contributed by atoms with Gasteiger partial charge in [-0.1, -0.05) is 6.42 Å². The lowest BCUT2D eigenvalue weighted by molar-refractivity contribution is 0.0953. The Morgan fingerprint density at radius 3 is 2.85 bits per heavy atom. The molecule has 0 saturated carbocycles. The van der Waals surface area contributed by atoms with Gasteiger partial charge in [0.05, 0.1) is 11.4 Å². The van der Waals surface area contributed by atoms with Crippen molar-refractivity contribution in [3.8, 4) is 0 Å². The van der Waals surface area contributed by atoms with Crippen LogP contribution in [-0.4, -0.2) is 30.6 Å². The maximum Gasteiger partial charge on any atom is 0.262 e. The second-order valence-electron chi connectivity index (χ2n) is 6.77. The Bertz CT molecular complexity index is 989. The first-order valence-electron chi connectivity index (χ1n) is 8.98. The average Bonchev–Trinajstić information content (AvgIpc) is 3.04. The molecule has 3 aromatic heterocycles. The predicted octanol–water partition coefficient (Wildman–Crippen LogP) is 2.86. The Balaban J connectivity index is 1.56. The highest BCUT2D eigenvalue weighted by molar-refractivity contribution is 7.20. The summed E-state index contributed by atoms with van der Waals surface area (Å²) in [6.07, 6.45) is 4.48. The quantitative estimate of drug-likeness (QED) is 0.766. The van der Waals surface area contributed by atoms with E-state index in [1.54, 1.807) is 0 Å². The van der Waals surface area contributed by atoms with Gasteiger partial charge in [-0.3, -0.25) is 4.79 Å². The van der Waals surface area contributed by atoms with Crippen LogP contribution in [-0.2, 0) is 19.5 Å². The average molecular weight is 370 g/mol. The molecule has 136 valence electrons. The summed E-state index contributed by atoms with van der Waals surface area (Å²) in [7, 11) is 0. The summed E-state index contributed by atoms with van der Waals surface area (Å²) < 4.78 is 2.16. The van der Waals surface area contributed by atoms with Crippen molar-refractivity contribution in [1.82, 2.24) is 30.0 Å². The van der Waals surface area contributed by atoms with E-state index in [1.807, 2.05) is 20.8 Å². The molecule has 1 aliphatic rings. The SMILES string of the molecule is Cc1nc(C)c2c(C)c(C(=O)NCc3nnc4n3CCCCC4)sc2n1. The van der Waals surface area contributed by atoms with Crippen LogP contribution < -0.4 is 5.32 Å². The monoisotopic (exact) mass is 370 g/mol. The van der Waals surface area contributed by atoms with Crippen LogP contribution in [0, 0.1) is 20.8 Å². The highest BCUT2D eigenvalue weighted by Gasteiger charge is 2.20. The molecule has 3 aromatic rings. The topological polar surface area (TPSA) is 85.6 Å². The van der Waals surface area contributed by atoms with Gasteiger partial charge in [0.15, 0.2) is 5.82 Å². The summed E-state index contributed by atoms with van der Waals surface area (Å²) in [5, 5.41) is 12.6. The lowest BCUT2D eigenvalue weighted by Gasteiger charge is -2.08. The number of carbonyl (C=O) groups excluding carboxylic acids is 1. The molecule has 26 heavy (non-hydrogen) atoms. The van der Waals surface area contributed by atoms with Crippen molar-refractivity contribution in [1.29, 1.82) is 0 Å². The van der Waals surface area contributed by atoms with Crippen LogP contribution in [0.3, 0.4) is 0 Å². The van der Waals surface area contributed by atoms with Crippen molar-refractivity contribution in [3.63, 3.8) is 0 Å². The zero-order valence-corrected chi connectivity index (χ0v) is 16.1. The fourth-order valence-corrected chi connectivity index (χ4v) is 4.80. The first-order valence-corrected chi connectivity index (χ1v) is 9.79. The van der Waals surface area contributed by atoms with Crippen LogP contribution in [0.25, 0.3) is 10.2 Å². The number of thiophene rings is 1. The van der Waals surface area contributed by atoms with Crippen molar-refractivity contribution in [2.75, 3.05) is 0 Å². The van der Waals surface area contributed by atoms with Crippen molar-refractivity contribution >= 4 is 27.5 Å². The zero-order valence-electron chi connectivity index (χ0n) is 15.3. The summed E-state index contributed by atoms with van der Waals surface area (Å²) in [6, 6.07) is 0. The fourth-order valence-electron chi connectivity index (χ4n) is 3.61. The molecule has 0 atom stereocenters. The van der Waals surface area contributed by atoms with E-state index in [9.17, 15) is 4.79 Å². The number of nitrogens with zero attached hydrogens (tertiary/aromatic N) is 5. The number of aryl methyl sites for hydroxylation is 4. The number of aromatic nitrogens is 5. The number of rotatable bonds is 3. The Kier molecular flexibility index (Phi) is 4.44. The Labute approximate surface area is 155 Å². The van der Waals surface area contributed by atoms with E-state index in [0.29, 0.717) is 11.4 Å². The fraction of sp³-hybridized carbons (Fsp3) is 0.500. The maximum atomic E-state index is 12.8. The predicted molar refractivity (Wildman–Crippen MR) is 100 cm³/mol. The largest absolute Gasteiger partial charge is 0.344 e. The molecule has 0 unspecified atom stereocenters. The molecule has 0 spiro atoms. The lowest BCUT2D eigenvalue weighted by Crippen LogP contribution is -2.24. The number of hydrogen-bond donors (Lipinski definition) is 1. The Hall–Kier alpha value is -2.35. The molecular formula is C18H22N6OS. The second-order valence-corrected chi connectivity index (χ2v) is 7.77. The molecule has 0 bridgehead atoms. The van der Waals surface area contributed by atoms with Crippen molar-refractivity contribution < 1.29 is 4.79 Å². The van der Waals surface area contributed by atoms with Gasteiger partial charge in [0.25, 0.3) is 5.91 Å². The summed E-state index contributed by atoms with van der Waals surface area (Å²) in [4.78, 5) is 23.2. The molecule has 7 nitrogen and oxygen atoms in total. The van der Waals surface area contributed by atoms with Gasteiger partial charge in [-0.15, -0.1) is 21.5 Å². The van der Waals surface area contributed by atoms with Gasteiger partial charge in [0, 0.05) is 24.0 Å². The van der Waals surface area contributed by atoms with Gasteiger partial charge in [0.1, 0.15) is 16.5 Å². The molecule has 0 radical (unpaired) electrons. The first-order chi connectivity index (χ1) is 12.5. The van der Waals surface area contributed by atoms with Crippen LogP contribution in [0.4, 0.5) is 0 Å². The Morgan fingerprint density at radius 2 is 2.00 bits per heavy atom. The van der Waals surface area contributed by atoms with E-state index < -0.39 is 0 Å². The summed E-state index contributed by atoms with van der Waals surface area (Å²) in [5.41, 5.74) is 1.86. The first kappa shape index (κ1) is 17.1.